The van der Waals surface area contributed by atoms with Gasteiger partial charge in [0.2, 0.25) is 0 Å². The Balaban J connectivity index is 0.00000110. The first-order valence-electron chi connectivity index (χ1n) is 6.48. The molecule has 21 heavy (non-hydrogen) atoms. The molecule has 3 aromatic rings. The summed E-state index contributed by atoms with van der Waals surface area (Å²) in [4.78, 5) is 0. The van der Waals surface area contributed by atoms with Crippen LogP contribution in [0.25, 0.3) is 0 Å². The number of benzene rings is 3. The van der Waals surface area contributed by atoms with Crippen molar-refractivity contribution in [3.63, 3.8) is 0 Å². The molecule has 0 radical (unpaired) electrons. The van der Waals surface area contributed by atoms with Gasteiger partial charge in [-0.05, 0) is 0 Å². The number of hydrogen-bond donors (Lipinski definition) is 0. The zero-order chi connectivity index (χ0) is 12.9. The van der Waals surface area contributed by atoms with Crippen molar-refractivity contribution in [2.24, 2.45) is 0 Å². The molecule has 0 heterocycles. The first kappa shape index (κ1) is 17.8. The van der Waals surface area contributed by atoms with E-state index < -0.39 is 0 Å². The van der Waals surface area contributed by atoms with Crippen LogP contribution in [0.2, 0.25) is 0 Å². The minimum atomic E-state index is 0. The molecule has 2 heteroatoms. The Kier molecular flexibility index (Phi) is 7.58. The molecule has 0 unspecified atom stereocenters. The van der Waals surface area contributed by atoms with Gasteiger partial charge in [0.15, 0.2) is 0 Å². The molecular weight excluding hydrogens is 332 g/mol. The van der Waals surface area contributed by atoms with Gasteiger partial charge in [0, 0.05) is 0 Å². The third-order valence-corrected chi connectivity index (χ3v) is 3.19. The summed E-state index contributed by atoms with van der Waals surface area (Å²) >= 11 is 0. The van der Waals surface area contributed by atoms with Crippen LogP contribution in [0.5, 0.6) is 0 Å². The van der Waals surface area contributed by atoms with Gasteiger partial charge in [0.25, 0.3) is 0 Å². The van der Waals surface area contributed by atoms with Gasteiger partial charge < -0.3 is 17.0 Å². The van der Waals surface area contributed by atoms with Crippen molar-refractivity contribution >= 4 is 23.1 Å². The Morgan fingerprint density at radius 1 is 0.429 bits per heavy atom. The standard InChI is InChI=1S/C19H15.BrH.Mg/c1-4-10-16(11-5-1)19(17-12-6-2-7-13-17)18-14-8-3-9-15-18;;/h1-15H;1H;/q-1;;+2/p-1. The smallest absolute Gasteiger partial charge is 1.00 e. The summed E-state index contributed by atoms with van der Waals surface area (Å²) in [6, 6.07) is 31.6. The fourth-order valence-corrected chi connectivity index (χ4v) is 2.31. The molecule has 0 N–H and O–H groups in total. The average Bonchev–Trinajstić information content (AvgIpc) is 2.51. The van der Waals surface area contributed by atoms with Crippen molar-refractivity contribution in [2.45, 2.75) is 0 Å². The van der Waals surface area contributed by atoms with Gasteiger partial charge in [0.05, 0.1) is 0 Å². The maximum atomic E-state index is 2.16. The maximum absolute atomic E-state index is 2.16. The van der Waals surface area contributed by atoms with Crippen LogP contribution in [0, 0.1) is 5.92 Å². The quantitative estimate of drug-likeness (QED) is 0.381. The summed E-state index contributed by atoms with van der Waals surface area (Å²) in [5.74, 6) is 1.28. The third-order valence-electron chi connectivity index (χ3n) is 3.19. The van der Waals surface area contributed by atoms with Crippen LogP contribution in [0.3, 0.4) is 0 Å². The van der Waals surface area contributed by atoms with Crippen molar-refractivity contribution in [3.8, 4) is 0 Å². The molecular formula is C19H15BrMg. The summed E-state index contributed by atoms with van der Waals surface area (Å²) in [5.41, 5.74) is 3.75. The van der Waals surface area contributed by atoms with E-state index in [1.54, 1.807) is 0 Å². The first-order chi connectivity index (χ1) is 9.45. The van der Waals surface area contributed by atoms with Crippen molar-refractivity contribution in [1.82, 2.24) is 0 Å². The van der Waals surface area contributed by atoms with Crippen LogP contribution in [-0.2, 0) is 0 Å². The molecule has 3 aromatic carbocycles. The second kappa shape index (κ2) is 8.93. The predicted octanol–water partition coefficient (Wildman–Crippen LogP) is 1.33. The summed E-state index contributed by atoms with van der Waals surface area (Å²) in [6.07, 6.45) is 0. The molecule has 0 aliphatic rings. The normalized spacial score (nSPS) is 9.14. The van der Waals surface area contributed by atoms with E-state index in [1.807, 2.05) is 0 Å². The molecule has 0 nitrogen and oxygen atoms in total. The second-order valence-electron chi connectivity index (χ2n) is 4.47. The zero-order valence-electron chi connectivity index (χ0n) is 11.7. The van der Waals surface area contributed by atoms with Gasteiger partial charge in [-0.15, -0.1) is 0 Å². The molecule has 0 spiro atoms. The Hall–Kier alpha value is -1.22. The zero-order valence-corrected chi connectivity index (χ0v) is 14.7. The average molecular weight is 348 g/mol. The van der Waals surface area contributed by atoms with Crippen molar-refractivity contribution in [1.29, 1.82) is 0 Å². The SMILES string of the molecule is [Br-].[Mg+2].c1ccc([C-](c2ccccc2)c2ccccc2)cc1. The largest absolute Gasteiger partial charge is 2.00 e. The van der Waals surface area contributed by atoms with Gasteiger partial charge in [0.1, 0.15) is 0 Å². The van der Waals surface area contributed by atoms with E-state index in [2.05, 4.69) is 91.0 Å². The molecule has 0 atom stereocenters. The molecule has 0 fully saturated rings. The van der Waals surface area contributed by atoms with Gasteiger partial charge in [-0.2, -0.15) is 0 Å². The molecule has 0 bridgehead atoms. The van der Waals surface area contributed by atoms with E-state index in [0.29, 0.717) is 0 Å². The fraction of sp³-hybridized carbons (Fsp3) is 0. The third kappa shape index (κ3) is 4.37. The monoisotopic (exact) mass is 346 g/mol. The Morgan fingerprint density at radius 2 is 0.667 bits per heavy atom. The molecule has 0 saturated heterocycles. The first-order valence-corrected chi connectivity index (χ1v) is 6.48. The van der Waals surface area contributed by atoms with Crippen LogP contribution >= 0.6 is 0 Å². The Bertz CT molecular complexity index is 530. The van der Waals surface area contributed by atoms with E-state index in [-0.39, 0.29) is 40.0 Å². The van der Waals surface area contributed by atoms with Gasteiger partial charge in [-0.3, -0.25) is 0 Å². The van der Waals surface area contributed by atoms with Crippen LogP contribution < -0.4 is 17.0 Å². The molecule has 0 aliphatic carbocycles. The topological polar surface area (TPSA) is 0 Å². The van der Waals surface area contributed by atoms with Crippen molar-refractivity contribution < 1.29 is 17.0 Å². The van der Waals surface area contributed by atoms with Crippen LogP contribution in [-0.4, -0.2) is 23.1 Å². The van der Waals surface area contributed by atoms with E-state index in [0.717, 1.165) is 0 Å². The molecule has 0 aliphatic heterocycles. The van der Waals surface area contributed by atoms with Crippen LogP contribution in [0.1, 0.15) is 16.7 Å². The second-order valence-corrected chi connectivity index (χ2v) is 4.47. The molecule has 3 rings (SSSR count). The molecule has 0 saturated carbocycles. The number of hydrogen-bond acceptors (Lipinski definition) is 0. The van der Waals surface area contributed by atoms with E-state index in [4.69, 9.17) is 0 Å². The van der Waals surface area contributed by atoms with Crippen LogP contribution in [0.4, 0.5) is 0 Å². The van der Waals surface area contributed by atoms with Gasteiger partial charge in [-0.25, -0.2) is 0 Å². The molecule has 0 aromatic heterocycles. The summed E-state index contributed by atoms with van der Waals surface area (Å²) in [5, 5.41) is 0. The van der Waals surface area contributed by atoms with Crippen molar-refractivity contribution in [2.75, 3.05) is 0 Å². The van der Waals surface area contributed by atoms with E-state index in [9.17, 15) is 0 Å². The summed E-state index contributed by atoms with van der Waals surface area (Å²) in [7, 11) is 0. The minimum absolute atomic E-state index is 0. The summed E-state index contributed by atoms with van der Waals surface area (Å²) in [6.45, 7) is 0. The molecule has 100 valence electrons. The van der Waals surface area contributed by atoms with Crippen LogP contribution in [0.15, 0.2) is 91.0 Å². The molecule has 0 amide bonds. The number of rotatable bonds is 3. The Labute approximate surface area is 153 Å². The fourth-order valence-electron chi connectivity index (χ4n) is 2.31. The van der Waals surface area contributed by atoms with E-state index in [1.165, 1.54) is 22.6 Å². The Morgan fingerprint density at radius 3 is 0.905 bits per heavy atom. The van der Waals surface area contributed by atoms with Crippen molar-refractivity contribution in [3.05, 3.63) is 114 Å². The minimum Gasteiger partial charge on any atom is -1.00 e. The maximum Gasteiger partial charge on any atom is 2.00 e. The summed E-state index contributed by atoms with van der Waals surface area (Å²) < 4.78 is 0. The predicted molar refractivity (Wildman–Crippen MR) is 85.6 cm³/mol. The number of halogens is 1. The van der Waals surface area contributed by atoms with Gasteiger partial charge >= 0.3 is 23.1 Å². The van der Waals surface area contributed by atoms with E-state index >= 15 is 0 Å². The van der Waals surface area contributed by atoms with Gasteiger partial charge in [-0.1, -0.05) is 114 Å².